The van der Waals surface area contributed by atoms with Gasteiger partial charge in [0.05, 0.1) is 10.8 Å². The number of rotatable bonds is 5. The molecule has 0 heterocycles. The van der Waals surface area contributed by atoms with E-state index in [4.69, 9.17) is 0 Å². The van der Waals surface area contributed by atoms with Crippen LogP contribution in [0.1, 0.15) is 38.2 Å². The van der Waals surface area contributed by atoms with Gasteiger partial charge in [0.25, 0.3) is 0 Å². The van der Waals surface area contributed by atoms with Gasteiger partial charge in [-0.25, -0.2) is 0 Å². The standard InChI is InChI=1S/C15H23NOS/c1-3-9-16-13-7-8-15(11-13)18(17)14-6-4-5-12(2)10-14/h4-6,10,13,15-16H,3,7-9,11H2,1-2H3. The molecule has 1 fully saturated rings. The van der Waals surface area contributed by atoms with E-state index >= 15 is 0 Å². The molecule has 0 saturated heterocycles. The van der Waals surface area contributed by atoms with Crippen molar-refractivity contribution >= 4 is 10.8 Å². The predicted octanol–water partition coefficient (Wildman–Crippen LogP) is 3.02. The molecule has 0 radical (unpaired) electrons. The van der Waals surface area contributed by atoms with Gasteiger partial charge in [-0.15, -0.1) is 0 Å². The van der Waals surface area contributed by atoms with Crippen LogP contribution in [-0.4, -0.2) is 22.0 Å². The molecule has 0 bridgehead atoms. The number of benzene rings is 1. The summed E-state index contributed by atoms with van der Waals surface area (Å²) in [5.41, 5.74) is 1.19. The molecule has 1 N–H and O–H groups in total. The molecule has 3 heteroatoms. The highest BCUT2D eigenvalue weighted by molar-refractivity contribution is 7.85. The summed E-state index contributed by atoms with van der Waals surface area (Å²) in [6, 6.07) is 8.69. The van der Waals surface area contributed by atoms with Crippen molar-refractivity contribution < 1.29 is 4.21 Å². The molecule has 3 unspecified atom stereocenters. The number of hydrogen-bond acceptors (Lipinski definition) is 2. The van der Waals surface area contributed by atoms with Crippen LogP contribution in [0.3, 0.4) is 0 Å². The zero-order valence-corrected chi connectivity index (χ0v) is 12.1. The minimum absolute atomic E-state index is 0.334. The van der Waals surface area contributed by atoms with Crippen molar-refractivity contribution in [3.8, 4) is 0 Å². The van der Waals surface area contributed by atoms with Crippen LogP contribution in [0.15, 0.2) is 29.2 Å². The highest BCUT2D eigenvalue weighted by Gasteiger charge is 2.29. The molecule has 100 valence electrons. The van der Waals surface area contributed by atoms with Crippen LogP contribution < -0.4 is 5.32 Å². The lowest BCUT2D eigenvalue weighted by atomic mass is 10.2. The van der Waals surface area contributed by atoms with Gasteiger partial charge in [0.2, 0.25) is 0 Å². The first-order valence-electron chi connectivity index (χ1n) is 6.91. The molecule has 3 atom stereocenters. The summed E-state index contributed by atoms with van der Waals surface area (Å²) in [5, 5.41) is 3.88. The molecule has 0 spiro atoms. The maximum absolute atomic E-state index is 12.5. The van der Waals surface area contributed by atoms with Crippen LogP contribution in [0.25, 0.3) is 0 Å². The maximum Gasteiger partial charge on any atom is 0.0561 e. The van der Waals surface area contributed by atoms with Crippen LogP contribution in [0, 0.1) is 6.92 Å². The molecular formula is C15H23NOS. The molecule has 2 rings (SSSR count). The lowest BCUT2D eigenvalue weighted by Crippen LogP contribution is -2.28. The fraction of sp³-hybridized carbons (Fsp3) is 0.600. The fourth-order valence-corrected chi connectivity index (χ4v) is 4.26. The predicted molar refractivity (Wildman–Crippen MR) is 77.3 cm³/mol. The largest absolute Gasteiger partial charge is 0.314 e. The lowest BCUT2D eigenvalue weighted by Gasteiger charge is -2.13. The molecule has 0 aromatic heterocycles. The molecule has 1 aliphatic rings. The van der Waals surface area contributed by atoms with Gasteiger partial charge >= 0.3 is 0 Å². The van der Waals surface area contributed by atoms with Crippen molar-refractivity contribution in [3.05, 3.63) is 29.8 Å². The van der Waals surface area contributed by atoms with E-state index in [-0.39, 0.29) is 0 Å². The maximum atomic E-state index is 12.5. The summed E-state index contributed by atoms with van der Waals surface area (Å²) in [7, 11) is -0.835. The smallest absolute Gasteiger partial charge is 0.0561 e. The van der Waals surface area contributed by atoms with Gasteiger partial charge < -0.3 is 5.32 Å². The van der Waals surface area contributed by atoms with E-state index in [0.29, 0.717) is 11.3 Å². The van der Waals surface area contributed by atoms with E-state index < -0.39 is 10.8 Å². The first-order chi connectivity index (χ1) is 8.70. The Bertz CT molecular complexity index is 419. The molecular weight excluding hydrogens is 242 g/mol. The summed E-state index contributed by atoms with van der Waals surface area (Å²) in [5.74, 6) is 0. The van der Waals surface area contributed by atoms with Gasteiger partial charge in [0.1, 0.15) is 0 Å². The highest BCUT2D eigenvalue weighted by atomic mass is 32.2. The zero-order valence-electron chi connectivity index (χ0n) is 11.3. The zero-order chi connectivity index (χ0) is 13.0. The van der Waals surface area contributed by atoms with Crippen molar-refractivity contribution in [1.82, 2.24) is 5.32 Å². The van der Waals surface area contributed by atoms with Crippen molar-refractivity contribution in [1.29, 1.82) is 0 Å². The molecule has 1 aliphatic carbocycles. The van der Waals surface area contributed by atoms with Crippen LogP contribution in [0.4, 0.5) is 0 Å². The van der Waals surface area contributed by atoms with Gasteiger partial charge in [-0.3, -0.25) is 4.21 Å². The Morgan fingerprint density at radius 1 is 1.39 bits per heavy atom. The van der Waals surface area contributed by atoms with E-state index in [1.165, 1.54) is 18.4 Å². The fourth-order valence-electron chi connectivity index (χ4n) is 2.60. The Morgan fingerprint density at radius 3 is 2.94 bits per heavy atom. The molecule has 0 amide bonds. The average molecular weight is 265 g/mol. The van der Waals surface area contributed by atoms with Crippen LogP contribution in [0.5, 0.6) is 0 Å². The van der Waals surface area contributed by atoms with E-state index in [1.54, 1.807) is 0 Å². The minimum Gasteiger partial charge on any atom is -0.314 e. The third-order valence-corrected chi connectivity index (χ3v) is 5.34. The van der Waals surface area contributed by atoms with Gasteiger partial charge in [0.15, 0.2) is 0 Å². The van der Waals surface area contributed by atoms with Gasteiger partial charge in [0, 0.05) is 16.2 Å². The molecule has 18 heavy (non-hydrogen) atoms. The van der Waals surface area contributed by atoms with Gasteiger partial charge in [-0.1, -0.05) is 19.1 Å². The van der Waals surface area contributed by atoms with Crippen LogP contribution in [0.2, 0.25) is 0 Å². The minimum atomic E-state index is -0.835. The summed E-state index contributed by atoms with van der Waals surface area (Å²) in [6.45, 7) is 5.32. The molecule has 1 aromatic rings. The molecule has 1 aromatic carbocycles. The molecule has 1 saturated carbocycles. The van der Waals surface area contributed by atoms with E-state index in [0.717, 1.165) is 24.3 Å². The lowest BCUT2D eigenvalue weighted by molar-refractivity contribution is 0.523. The first kappa shape index (κ1) is 13.8. The van der Waals surface area contributed by atoms with Crippen molar-refractivity contribution in [3.63, 3.8) is 0 Å². The number of aryl methyl sites for hydroxylation is 1. The summed E-state index contributed by atoms with van der Waals surface area (Å²) >= 11 is 0. The van der Waals surface area contributed by atoms with E-state index in [1.807, 2.05) is 12.1 Å². The highest BCUT2D eigenvalue weighted by Crippen LogP contribution is 2.27. The van der Waals surface area contributed by atoms with Crippen molar-refractivity contribution in [2.24, 2.45) is 0 Å². The van der Waals surface area contributed by atoms with E-state index in [2.05, 4.69) is 31.3 Å². The third-order valence-electron chi connectivity index (χ3n) is 3.59. The normalized spacial score (nSPS) is 25.2. The second-order valence-electron chi connectivity index (χ2n) is 5.20. The Morgan fingerprint density at radius 2 is 2.22 bits per heavy atom. The summed E-state index contributed by atoms with van der Waals surface area (Å²) in [6.07, 6.45) is 4.48. The first-order valence-corrected chi connectivity index (χ1v) is 8.12. The Hall–Kier alpha value is -0.670. The molecule has 0 aliphatic heterocycles. The Labute approximate surface area is 113 Å². The monoisotopic (exact) mass is 265 g/mol. The summed E-state index contributed by atoms with van der Waals surface area (Å²) in [4.78, 5) is 0.996. The topological polar surface area (TPSA) is 29.1 Å². The van der Waals surface area contributed by atoms with Gasteiger partial charge in [-0.2, -0.15) is 0 Å². The van der Waals surface area contributed by atoms with Crippen molar-refractivity contribution in [2.45, 2.75) is 55.7 Å². The Balaban J connectivity index is 1.95. The van der Waals surface area contributed by atoms with Gasteiger partial charge in [-0.05, 0) is 56.8 Å². The quantitative estimate of drug-likeness (QED) is 0.886. The van der Waals surface area contributed by atoms with Crippen LogP contribution >= 0.6 is 0 Å². The second-order valence-corrected chi connectivity index (χ2v) is 6.93. The Kier molecular flexibility index (Phi) is 4.95. The summed E-state index contributed by atoms with van der Waals surface area (Å²) < 4.78 is 12.5. The van der Waals surface area contributed by atoms with Crippen LogP contribution in [-0.2, 0) is 10.8 Å². The SMILES string of the molecule is CCCNC1CCC(S(=O)c2cccc(C)c2)C1. The average Bonchev–Trinajstić information content (AvgIpc) is 2.84. The number of nitrogens with one attached hydrogen (secondary N) is 1. The third kappa shape index (κ3) is 3.42. The van der Waals surface area contributed by atoms with Crippen molar-refractivity contribution in [2.75, 3.05) is 6.54 Å². The molecule has 2 nitrogen and oxygen atoms in total. The van der Waals surface area contributed by atoms with E-state index in [9.17, 15) is 4.21 Å². The number of hydrogen-bond donors (Lipinski definition) is 1. The second kappa shape index (κ2) is 6.48.